The highest BCUT2D eigenvalue weighted by molar-refractivity contribution is 6.18. The van der Waals surface area contributed by atoms with Crippen LogP contribution in [0.2, 0.25) is 0 Å². The first-order valence-corrected chi connectivity index (χ1v) is 32.2. The van der Waals surface area contributed by atoms with Gasteiger partial charge in [0.05, 0.1) is 24.7 Å². The zero-order valence-electron chi connectivity index (χ0n) is 54.0. The van der Waals surface area contributed by atoms with Crippen molar-refractivity contribution in [3.8, 4) is 46.0 Å². The zero-order valence-corrected chi connectivity index (χ0v) is 54.8. The van der Waals surface area contributed by atoms with Crippen molar-refractivity contribution < 1.29 is 43.4 Å². The van der Waals surface area contributed by atoms with Crippen molar-refractivity contribution in [1.29, 1.82) is 0 Å². The van der Waals surface area contributed by atoms with Crippen LogP contribution in [0.15, 0.2) is 354 Å². The molecule has 0 aliphatic carbocycles. The van der Waals surface area contributed by atoms with Crippen LogP contribution in [0.5, 0.6) is 46.0 Å². The van der Waals surface area contributed by atoms with Crippen LogP contribution in [0, 0.1) is 0 Å². The molecule has 0 aromatic heterocycles. The maximum absolute atomic E-state index is 10.2. The van der Waals surface area contributed by atoms with E-state index in [-0.39, 0.29) is 11.5 Å². The molecule has 12 aromatic rings. The number of phenols is 2. The standard InChI is InChI=1S/C44H40N2O5.C36H28N2O3.C4H7ClO/c1-3-47-28-30-49-42-21-11-18-38(32-42)45(35-14-7-5-8-15-35)37-24-26-41(27-25-37)51-44-23-13-20-40(34-44)46(36-16-9-6-10-17-36)39-19-12-22-43(33-39)50-31-29-48-4-2;39-33-17-7-14-30(24-33)37(27-10-3-1-4-11-27)29-20-22-35(23-21-29)41-36-19-9-16-32(26-36)38(28-12-5-2-6-13-28)31-15-8-18-34(40)25-31;1-2-6-4-3-5/h3-27,32-34H,1-2,28-31H2;1-26,39-40H;2H,1,3-4H2. The number of rotatable bonds is 29. The minimum absolute atomic E-state index is 0.200. The molecule has 0 fully saturated rings. The molecule has 492 valence electrons. The van der Waals surface area contributed by atoms with Gasteiger partial charge in [-0.25, -0.2) is 0 Å². The number of ether oxygens (including phenoxy) is 7. The van der Waals surface area contributed by atoms with Gasteiger partial charge in [0.1, 0.15) is 79.0 Å². The van der Waals surface area contributed by atoms with E-state index in [0.29, 0.717) is 61.9 Å². The van der Waals surface area contributed by atoms with E-state index < -0.39 is 0 Å². The smallest absolute Gasteiger partial charge is 0.129 e. The Hall–Kier alpha value is -12.5. The van der Waals surface area contributed by atoms with Crippen LogP contribution in [0.3, 0.4) is 0 Å². The molecule has 0 aliphatic heterocycles. The van der Waals surface area contributed by atoms with Gasteiger partial charge in [0.2, 0.25) is 0 Å². The SMILES string of the molecule is C=COCCCl.C=COCCOc1cccc(N(c2ccccc2)c2ccc(Oc3cccc(N(c4ccccc4)c4cccc(OCCOC=C)c4)c3)cc2)c1.Oc1cccc(N(c2ccccc2)c2ccc(Oc3cccc(N(c4ccccc4)c4cccc(O)c4)c3)cc2)c1. The Morgan fingerprint density at radius 3 is 0.806 bits per heavy atom. The van der Waals surface area contributed by atoms with Gasteiger partial charge in [-0.15, -0.1) is 11.6 Å². The van der Waals surface area contributed by atoms with E-state index in [1.807, 2.05) is 237 Å². The molecule has 98 heavy (non-hydrogen) atoms. The monoisotopic (exact) mass is 1320 g/mol. The minimum atomic E-state index is 0.200. The summed E-state index contributed by atoms with van der Waals surface area (Å²) in [5, 5.41) is 20.3. The quantitative estimate of drug-likeness (QED) is 0.0263. The van der Waals surface area contributed by atoms with Gasteiger partial charge in [0.25, 0.3) is 0 Å². The molecule has 0 heterocycles. The van der Waals surface area contributed by atoms with Gasteiger partial charge in [-0.2, -0.15) is 0 Å². The third-order valence-corrected chi connectivity index (χ3v) is 14.8. The minimum Gasteiger partial charge on any atom is -0.508 e. The second kappa shape index (κ2) is 36.3. The lowest BCUT2D eigenvalue weighted by Crippen LogP contribution is -2.11. The Labute approximate surface area is 578 Å². The summed E-state index contributed by atoms with van der Waals surface area (Å²) in [6, 6.07) is 103. The summed E-state index contributed by atoms with van der Waals surface area (Å²) >= 11 is 5.21. The fourth-order valence-corrected chi connectivity index (χ4v) is 10.6. The largest absolute Gasteiger partial charge is 0.508 e. The van der Waals surface area contributed by atoms with Gasteiger partial charge in [-0.05, 0) is 170 Å². The summed E-state index contributed by atoms with van der Waals surface area (Å²) in [5.74, 6) is 5.24. The van der Waals surface area contributed by atoms with Crippen molar-refractivity contribution in [2.75, 3.05) is 58.5 Å². The average Bonchev–Trinajstić information content (AvgIpc) is 0.825. The Kier molecular flexibility index (Phi) is 25.3. The average molecular weight is 1320 g/mol. The highest BCUT2D eigenvalue weighted by atomic mass is 35.5. The van der Waals surface area contributed by atoms with Gasteiger partial charge in [0.15, 0.2) is 0 Å². The molecule has 0 saturated heterocycles. The Morgan fingerprint density at radius 2 is 0.510 bits per heavy atom. The molecule has 0 spiro atoms. The summed E-state index contributed by atoms with van der Waals surface area (Å²) in [6.07, 6.45) is 4.21. The van der Waals surface area contributed by atoms with Gasteiger partial charge in [-0.1, -0.05) is 129 Å². The summed E-state index contributed by atoms with van der Waals surface area (Å²) in [7, 11) is 0. The van der Waals surface area contributed by atoms with Crippen LogP contribution in [-0.2, 0) is 14.2 Å². The lowest BCUT2D eigenvalue weighted by Gasteiger charge is -2.26. The third-order valence-electron chi connectivity index (χ3n) is 14.7. The molecular weight excluding hydrogens is 1240 g/mol. The summed E-state index contributed by atoms with van der Waals surface area (Å²) in [5.41, 5.74) is 11.3. The molecule has 12 rings (SSSR count). The number of hydrogen-bond acceptors (Lipinski definition) is 13. The van der Waals surface area contributed by atoms with E-state index in [0.717, 1.165) is 79.7 Å². The fraction of sp³-hybridized carbons (Fsp3) is 0.0714. The van der Waals surface area contributed by atoms with Crippen molar-refractivity contribution in [2.24, 2.45) is 0 Å². The van der Waals surface area contributed by atoms with E-state index in [2.05, 4.69) is 98.7 Å². The van der Waals surface area contributed by atoms with E-state index in [9.17, 15) is 10.2 Å². The topological polar surface area (TPSA) is 118 Å². The molecule has 0 atom stereocenters. The highest BCUT2D eigenvalue weighted by Crippen LogP contribution is 2.43. The van der Waals surface area contributed by atoms with Crippen molar-refractivity contribution in [3.05, 3.63) is 354 Å². The fourth-order valence-electron chi connectivity index (χ4n) is 10.5. The van der Waals surface area contributed by atoms with Crippen LogP contribution in [0.4, 0.5) is 68.2 Å². The van der Waals surface area contributed by atoms with Gasteiger partial charge in [-0.3, -0.25) is 0 Å². The third kappa shape index (κ3) is 19.6. The highest BCUT2D eigenvalue weighted by Gasteiger charge is 2.19. The molecule has 12 aromatic carbocycles. The van der Waals surface area contributed by atoms with E-state index in [1.165, 1.54) is 18.8 Å². The number of para-hydroxylation sites is 4. The number of halogens is 1. The van der Waals surface area contributed by atoms with E-state index in [4.69, 9.17) is 40.0 Å². The Balaban J connectivity index is 0.000000200. The first-order valence-electron chi connectivity index (χ1n) is 31.7. The summed E-state index contributed by atoms with van der Waals surface area (Å²) in [6.45, 7) is 12.7. The van der Waals surface area contributed by atoms with Gasteiger partial charge >= 0.3 is 0 Å². The molecule has 0 radical (unpaired) electrons. The normalized spacial score (nSPS) is 10.3. The van der Waals surface area contributed by atoms with Crippen LogP contribution in [0.25, 0.3) is 0 Å². The number of benzene rings is 12. The number of alkyl halides is 1. The van der Waals surface area contributed by atoms with E-state index >= 15 is 0 Å². The first kappa shape index (κ1) is 68.4. The number of anilines is 12. The molecule has 0 aliphatic rings. The van der Waals surface area contributed by atoms with Crippen LogP contribution < -0.4 is 38.5 Å². The summed E-state index contributed by atoms with van der Waals surface area (Å²) < 4.78 is 39.7. The van der Waals surface area contributed by atoms with Crippen molar-refractivity contribution in [2.45, 2.75) is 0 Å². The number of nitrogens with zero attached hydrogens (tertiary/aromatic N) is 4. The molecule has 0 saturated carbocycles. The maximum atomic E-state index is 10.2. The molecule has 0 bridgehead atoms. The number of phenolic OH excluding ortho intramolecular Hbond substituents is 2. The lowest BCUT2D eigenvalue weighted by molar-refractivity contribution is 0.179. The second-order valence-electron chi connectivity index (χ2n) is 21.4. The molecule has 14 heteroatoms. The molecular formula is C84H75ClN4O9. The van der Waals surface area contributed by atoms with E-state index in [1.54, 1.807) is 24.3 Å². The van der Waals surface area contributed by atoms with Crippen molar-refractivity contribution >= 4 is 79.8 Å². The first-order chi connectivity index (χ1) is 48.3. The van der Waals surface area contributed by atoms with Crippen LogP contribution in [-0.4, -0.2) is 49.1 Å². The summed E-state index contributed by atoms with van der Waals surface area (Å²) in [4.78, 5) is 8.50. The Bertz CT molecular complexity index is 4400. The van der Waals surface area contributed by atoms with Crippen molar-refractivity contribution in [3.63, 3.8) is 0 Å². The van der Waals surface area contributed by atoms with Gasteiger partial charge < -0.3 is 63.0 Å². The molecule has 2 N–H and O–H groups in total. The van der Waals surface area contributed by atoms with Crippen molar-refractivity contribution in [1.82, 2.24) is 0 Å². The Morgan fingerprint density at radius 1 is 0.255 bits per heavy atom. The predicted molar refractivity (Wildman–Crippen MR) is 398 cm³/mol. The lowest BCUT2D eigenvalue weighted by atomic mass is 10.1. The molecule has 13 nitrogen and oxygen atoms in total. The number of aromatic hydroxyl groups is 2. The molecule has 0 unspecified atom stereocenters. The van der Waals surface area contributed by atoms with Gasteiger partial charge in [0, 0.05) is 105 Å². The number of hydrogen-bond donors (Lipinski definition) is 2. The zero-order chi connectivity index (χ0) is 67.9. The maximum Gasteiger partial charge on any atom is 0.129 e. The van der Waals surface area contributed by atoms with Crippen LogP contribution in [0.1, 0.15) is 0 Å². The van der Waals surface area contributed by atoms with Crippen LogP contribution >= 0.6 is 11.6 Å². The second-order valence-corrected chi connectivity index (χ2v) is 21.8. The predicted octanol–water partition coefficient (Wildman–Crippen LogP) is 22.7. The molecule has 0 amide bonds.